The number of rotatable bonds is 5. The number of piperidine rings is 2. The molecular formula is C30H31ClN8O3. The zero-order valence-electron chi connectivity index (χ0n) is 23.0. The highest BCUT2D eigenvalue weighted by atomic mass is 35.5. The van der Waals surface area contributed by atoms with Crippen molar-refractivity contribution in [3.05, 3.63) is 70.6 Å². The molecule has 2 fully saturated rings. The molecule has 0 saturated carbocycles. The first-order chi connectivity index (χ1) is 20.5. The van der Waals surface area contributed by atoms with Crippen molar-refractivity contribution in [1.29, 1.82) is 0 Å². The number of halogens is 1. The van der Waals surface area contributed by atoms with Crippen molar-refractivity contribution in [3.8, 4) is 11.1 Å². The standard InChI is InChI=1S/C30H31ClN8O3/c31-23-5-2-1-4-21(23)22-16-38(29-26(22)28(33-18-34-29)37-14-9-20(40)10-15-37)17-25(41)36-12-7-19(8-13-36)39-24-6-3-11-32-27(24)35-30(39)42/h1-6,11,16,18-20,40H,7-10,12-15,17H2,(H,32,35,42). The molecule has 12 heteroatoms. The number of H-pyrrole nitrogens is 1. The monoisotopic (exact) mass is 586 g/mol. The molecule has 216 valence electrons. The molecule has 1 amide bonds. The van der Waals surface area contributed by atoms with Gasteiger partial charge in [0.05, 0.1) is 17.0 Å². The minimum absolute atomic E-state index is 0.00269. The third kappa shape index (κ3) is 4.72. The lowest BCUT2D eigenvalue weighted by molar-refractivity contribution is -0.133. The van der Waals surface area contributed by atoms with Crippen molar-refractivity contribution in [3.63, 3.8) is 0 Å². The summed E-state index contributed by atoms with van der Waals surface area (Å²) >= 11 is 6.65. The SMILES string of the molecule is O=C(Cn1cc(-c2ccccc2Cl)c2c(N3CCC(O)CC3)ncnc21)N1CCC(n2c(=O)[nH]c3ncccc32)CC1. The van der Waals surface area contributed by atoms with Crippen LogP contribution in [0.15, 0.2) is 59.9 Å². The van der Waals surface area contributed by atoms with Gasteiger partial charge in [-0.3, -0.25) is 14.3 Å². The van der Waals surface area contributed by atoms with E-state index in [1.54, 1.807) is 17.1 Å². The summed E-state index contributed by atoms with van der Waals surface area (Å²) in [5.74, 6) is 0.776. The number of benzene rings is 1. The summed E-state index contributed by atoms with van der Waals surface area (Å²) in [6.07, 6.45) is 7.55. The Balaban J connectivity index is 1.17. The van der Waals surface area contributed by atoms with Gasteiger partial charge in [-0.2, -0.15) is 0 Å². The van der Waals surface area contributed by atoms with E-state index in [4.69, 9.17) is 11.6 Å². The minimum Gasteiger partial charge on any atom is -0.393 e. The molecule has 5 aromatic rings. The number of carbonyl (C=O) groups excluding carboxylic acids is 1. The molecular weight excluding hydrogens is 556 g/mol. The third-order valence-corrected chi connectivity index (χ3v) is 8.87. The number of aromatic nitrogens is 6. The lowest BCUT2D eigenvalue weighted by Crippen LogP contribution is -2.41. The first-order valence-electron chi connectivity index (χ1n) is 14.3. The van der Waals surface area contributed by atoms with E-state index < -0.39 is 0 Å². The topological polar surface area (TPSA) is 125 Å². The molecule has 42 heavy (non-hydrogen) atoms. The highest BCUT2D eigenvalue weighted by molar-refractivity contribution is 6.33. The molecule has 2 saturated heterocycles. The van der Waals surface area contributed by atoms with Gasteiger partial charge < -0.3 is 19.5 Å². The lowest BCUT2D eigenvalue weighted by atomic mass is 10.0. The number of nitrogens with zero attached hydrogens (tertiary/aromatic N) is 7. The quantitative estimate of drug-likeness (QED) is 0.322. The zero-order chi connectivity index (χ0) is 28.8. The summed E-state index contributed by atoms with van der Waals surface area (Å²) in [7, 11) is 0. The number of aliphatic hydroxyl groups excluding tert-OH is 1. The summed E-state index contributed by atoms with van der Waals surface area (Å²) in [5.41, 5.74) is 3.59. The van der Waals surface area contributed by atoms with E-state index in [1.165, 1.54) is 0 Å². The van der Waals surface area contributed by atoms with Crippen LogP contribution in [0, 0.1) is 0 Å². The Bertz CT molecular complexity index is 1830. The van der Waals surface area contributed by atoms with Crippen LogP contribution in [0.4, 0.5) is 5.82 Å². The molecule has 0 atom stereocenters. The van der Waals surface area contributed by atoms with E-state index in [0.29, 0.717) is 68.2 Å². The Morgan fingerprint density at radius 1 is 0.976 bits per heavy atom. The molecule has 0 aliphatic carbocycles. The average Bonchev–Trinajstić information content (AvgIpc) is 3.54. The van der Waals surface area contributed by atoms with Gasteiger partial charge in [-0.1, -0.05) is 29.8 Å². The zero-order valence-corrected chi connectivity index (χ0v) is 23.7. The fourth-order valence-corrected chi connectivity index (χ4v) is 6.61. The molecule has 2 aliphatic rings. The van der Waals surface area contributed by atoms with Gasteiger partial charge >= 0.3 is 5.69 Å². The molecule has 1 aromatic carbocycles. The van der Waals surface area contributed by atoms with Crippen LogP contribution in [0.5, 0.6) is 0 Å². The number of hydrogen-bond acceptors (Lipinski definition) is 7. The van der Waals surface area contributed by atoms with Crippen LogP contribution in [0.1, 0.15) is 31.7 Å². The second-order valence-corrected chi connectivity index (χ2v) is 11.5. The van der Waals surface area contributed by atoms with Gasteiger partial charge in [0.1, 0.15) is 24.3 Å². The summed E-state index contributed by atoms with van der Waals surface area (Å²) in [4.78, 5) is 46.7. The molecule has 2 aliphatic heterocycles. The normalized spacial score (nSPS) is 17.0. The number of amides is 1. The van der Waals surface area contributed by atoms with Crippen molar-refractivity contribution in [2.24, 2.45) is 0 Å². The van der Waals surface area contributed by atoms with Crippen LogP contribution in [-0.4, -0.2) is 77.3 Å². The van der Waals surface area contributed by atoms with Crippen molar-refractivity contribution in [2.75, 3.05) is 31.1 Å². The number of likely N-dealkylation sites (tertiary alicyclic amines) is 1. The maximum atomic E-state index is 13.6. The van der Waals surface area contributed by atoms with E-state index in [-0.39, 0.29) is 30.3 Å². The lowest BCUT2D eigenvalue weighted by Gasteiger charge is -2.32. The maximum Gasteiger partial charge on any atom is 0.327 e. The number of aliphatic hydroxyl groups is 1. The highest BCUT2D eigenvalue weighted by Gasteiger charge is 2.28. The molecule has 0 spiro atoms. The molecule has 11 nitrogen and oxygen atoms in total. The van der Waals surface area contributed by atoms with E-state index in [1.807, 2.05) is 52.1 Å². The summed E-state index contributed by atoms with van der Waals surface area (Å²) in [6.45, 7) is 2.59. The molecule has 6 heterocycles. The number of imidazole rings is 1. The number of hydrogen-bond donors (Lipinski definition) is 2. The van der Waals surface area contributed by atoms with Gasteiger partial charge in [0.25, 0.3) is 0 Å². The summed E-state index contributed by atoms with van der Waals surface area (Å²) < 4.78 is 3.67. The molecule has 2 N–H and O–H groups in total. The smallest absolute Gasteiger partial charge is 0.327 e. The highest BCUT2D eigenvalue weighted by Crippen LogP contribution is 2.39. The Morgan fingerprint density at radius 3 is 2.55 bits per heavy atom. The Labute approximate surface area is 246 Å². The molecule has 0 radical (unpaired) electrons. The predicted octanol–water partition coefficient (Wildman–Crippen LogP) is 3.61. The van der Waals surface area contributed by atoms with Gasteiger partial charge in [-0.05, 0) is 43.9 Å². The van der Waals surface area contributed by atoms with E-state index in [2.05, 4.69) is 24.8 Å². The van der Waals surface area contributed by atoms with Crippen molar-refractivity contribution in [2.45, 2.75) is 44.4 Å². The summed E-state index contributed by atoms with van der Waals surface area (Å²) in [5, 5.41) is 11.5. The van der Waals surface area contributed by atoms with Gasteiger partial charge in [-0.25, -0.2) is 19.7 Å². The number of carbonyl (C=O) groups is 1. The molecule has 7 rings (SSSR count). The van der Waals surface area contributed by atoms with Crippen molar-refractivity contribution in [1.82, 2.24) is 34.0 Å². The number of aromatic amines is 1. The second-order valence-electron chi connectivity index (χ2n) is 11.0. The van der Waals surface area contributed by atoms with Gasteiger partial charge in [-0.15, -0.1) is 0 Å². The van der Waals surface area contributed by atoms with Crippen LogP contribution in [0.2, 0.25) is 5.02 Å². The Morgan fingerprint density at radius 2 is 1.76 bits per heavy atom. The molecule has 0 unspecified atom stereocenters. The minimum atomic E-state index is -0.306. The predicted molar refractivity (Wildman–Crippen MR) is 161 cm³/mol. The van der Waals surface area contributed by atoms with Crippen LogP contribution < -0.4 is 10.6 Å². The van der Waals surface area contributed by atoms with E-state index in [9.17, 15) is 14.7 Å². The second kappa shape index (κ2) is 10.9. The number of fused-ring (bicyclic) bond motifs is 2. The first-order valence-corrected chi connectivity index (χ1v) is 14.7. The van der Waals surface area contributed by atoms with Crippen molar-refractivity contribution < 1.29 is 9.90 Å². The van der Waals surface area contributed by atoms with Crippen LogP contribution >= 0.6 is 11.6 Å². The fraction of sp³-hybridized carbons (Fsp3) is 0.367. The third-order valence-electron chi connectivity index (χ3n) is 8.54. The van der Waals surface area contributed by atoms with E-state index in [0.717, 1.165) is 27.8 Å². The van der Waals surface area contributed by atoms with Crippen molar-refractivity contribution >= 4 is 45.5 Å². The number of pyridine rings is 1. The van der Waals surface area contributed by atoms with Gasteiger partial charge in [0.15, 0.2) is 5.65 Å². The first kappa shape index (κ1) is 26.7. The van der Waals surface area contributed by atoms with Crippen LogP contribution in [0.3, 0.4) is 0 Å². The summed E-state index contributed by atoms with van der Waals surface area (Å²) in [6, 6.07) is 11.4. The average molecular weight is 587 g/mol. The van der Waals surface area contributed by atoms with Gasteiger partial charge in [0, 0.05) is 60.8 Å². The number of nitrogens with one attached hydrogen (secondary N) is 1. The van der Waals surface area contributed by atoms with Gasteiger partial charge in [0.2, 0.25) is 5.91 Å². The van der Waals surface area contributed by atoms with Crippen LogP contribution in [-0.2, 0) is 11.3 Å². The van der Waals surface area contributed by atoms with E-state index >= 15 is 0 Å². The van der Waals surface area contributed by atoms with Crippen LogP contribution in [0.25, 0.3) is 33.3 Å². The number of anilines is 1. The largest absolute Gasteiger partial charge is 0.393 e. The molecule has 4 aromatic heterocycles. The fourth-order valence-electron chi connectivity index (χ4n) is 6.37. The maximum absolute atomic E-state index is 13.6. The Kier molecular flexibility index (Phi) is 6.91. The molecule has 0 bridgehead atoms. The Hall–Kier alpha value is -4.22.